The predicted octanol–water partition coefficient (Wildman–Crippen LogP) is 0.565. The van der Waals surface area contributed by atoms with Gasteiger partial charge in [0.1, 0.15) is 4.99 Å². The van der Waals surface area contributed by atoms with Gasteiger partial charge in [0.25, 0.3) is 0 Å². The van der Waals surface area contributed by atoms with Gasteiger partial charge in [0, 0.05) is 31.7 Å². The summed E-state index contributed by atoms with van der Waals surface area (Å²) in [6.07, 6.45) is 0. The summed E-state index contributed by atoms with van der Waals surface area (Å²) < 4.78 is 26.7. The molecule has 2 N–H and O–H groups in total. The maximum Gasteiger partial charge on any atom is 0.243 e. The lowest BCUT2D eigenvalue weighted by Crippen LogP contribution is -2.47. The normalized spacial score (nSPS) is 18.1. The zero-order valence-electron chi connectivity index (χ0n) is 11.7. The first-order chi connectivity index (χ1) is 9.32. The molecule has 1 aliphatic heterocycles. The summed E-state index contributed by atoms with van der Waals surface area (Å²) in [4.78, 5) is 2.71. The molecule has 0 atom stereocenters. The summed E-state index contributed by atoms with van der Waals surface area (Å²) >= 11 is 4.94. The Morgan fingerprint density at radius 1 is 1.25 bits per heavy atom. The molecule has 1 saturated heterocycles. The molecule has 0 saturated carbocycles. The molecule has 1 aliphatic rings. The van der Waals surface area contributed by atoms with Crippen LogP contribution in [0.25, 0.3) is 0 Å². The maximum atomic E-state index is 12.6. The topological polar surface area (TPSA) is 66.6 Å². The minimum absolute atomic E-state index is 0.283. The first kappa shape index (κ1) is 15.4. The number of hydrogen-bond donors (Lipinski definition) is 1. The summed E-state index contributed by atoms with van der Waals surface area (Å²) in [7, 11) is -1.44. The highest BCUT2D eigenvalue weighted by Gasteiger charge is 2.27. The first-order valence-electron chi connectivity index (χ1n) is 6.41. The largest absolute Gasteiger partial charge is 0.389 e. The molecular weight excluding hydrogens is 294 g/mol. The number of nitrogens with two attached hydrogens (primary N) is 1. The van der Waals surface area contributed by atoms with Crippen molar-refractivity contribution >= 4 is 27.2 Å². The second-order valence-corrected chi connectivity index (χ2v) is 7.43. The van der Waals surface area contributed by atoms with Crippen LogP contribution >= 0.6 is 12.2 Å². The molecule has 0 unspecified atom stereocenters. The maximum absolute atomic E-state index is 12.6. The molecule has 0 bridgehead atoms. The van der Waals surface area contributed by atoms with Gasteiger partial charge in [0.15, 0.2) is 0 Å². The average molecular weight is 313 g/mol. The fourth-order valence-electron chi connectivity index (χ4n) is 2.25. The first-order valence-corrected chi connectivity index (χ1v) is 8.26. The Morgan fingerprint density at radius 2 is 1.85 bits per heavy atom. The molecule has 7 heteroatoms. The van der Waals surface area contributed by atoms with Crippen LogP contribution in [0.2, 0.25) is 0 Å². The van der Waals surface area contributed by atoms with E-state index in [9.17, 15) is 8.42 Å². The van der Waals surface area contributed by atoms with E-state index in [0.29, 0.717) is 18.0 Å². The summed E-state index contributed by atoms with van der Waals surface area (Å²) in [5, 5.41) is 0. The van der Waals surface area contributed by atoms with E-state index in [1.54, 1.807) is 18.2 Å². The van der Waals surface area contributed by atoms with Gasteiger partial charge in [-0.25, -0.2) is 8.42 Å². The van der Waals surface area contributed by atoms with Gasteiger partial charge < -0.3 is 10.6 Å². The Bertz CT molecular complexity index is 621. The van der Waals surface area contributed by atoms with E-state index >= 15 is 0 Å². The van der Waals surface area contributed by atoms with Crippen molar-refractivity contribution in [3.05, 3.63) is 29.3 Å². The Balaban J connectivity index is 2.30. The number of piperazine rings is 1. The van der Waals surface area contributed by atoms with Gasteiger partial charge >= 0.3 is 0 Å². The second-order valence-electron chi connectivity index (χ2n) is 5.05. The van der Waals surface area contributed by atoms with Crippen LogP contribution in [0, 0.1) is 6.92 Å². The van der Waals surface area contributed by atoms with Crippen molar-refractivity contribution in [2.24, 2.45) is 5.73 Å². The SMILES string of the molecule is Cc1cc(S(=O)(=O)N2CCN(C)CC2)ccc1C(N)=S. The highest BCUT2D eigenvalue weighted by Crippen LogP contribution is 2.20. The van der Waals surface area contributed by atoms with Crippen LogP contribution in [-0.4, -0.2) is 55.8 Å². The summed E-state index contributed by atoms with van der Waals surface area (Å²) in [6.45, 7) is 4.37. The second kappa shape index (κ2) is 5.77. The smallest absolute Gasteiger partial charge is 0.243 e. The van der Waals surface area contributed by atoms with E-state index in [4.69, 9.17) is 18.0 Å². The summed E-state index contributed by atoms with van der Waals surface area (Å²) in [5.41, 5.74) is 7.10. The number of aryl methyl sites for hydroxylation is 1. The molecule has 0 spiro atoms. The summed E-state index contributed by atoms with van der Waals surface area (Å²) in [6, 6.07) is 4.90. The molecule has 1 aromatic rings. The third-order valence-corrected chi connectivity index (χ3v) is 5.68. The van der Waals surface area contributed by atoms with Gasteiger partial charge in [0.05, 0.1) is 4.90 Å². The van der Waals surface area contributed by atoms with Crippen LogP contribution in [0.15, 0.2) is 23.1 Å². The quantitative estimate of drug-likeness (QED) is 0.826. The predicted molar refractivity (Wildman–Crippen MR) is 83.3 cm³/mol. The van der Waals surface area contributed by atoms with Crippen LogP contribution < -0.4 is 5.73 Å². The fourth-order valence-corrected chi connectivity index (χ4v) is 3.99. The molecule has 5 nitrogen and oxygen atoms in total. The minimum atomic E-state index is -3.43. The zero-order valence-corrected chi connectivity index (χ0v) is 13.3. The molecule has 1 aromatic carbocycles. The number of hydrogen-bond acceptors (Lipinski definition) is 4. The van der Waals surface area contributed by atoms with E-state index in [1.165, 1.54) is 4.31 Å². The Labute approximate surface area is 125 Å². The Hall–Kier alpha value is -1.02. The van der Waals surface area contributed by atoms with Crippen molar-refractivity contribution in [1.29, 1.82) is 0 Å². The lowest BCUT2D eigenvalue weighted by atomic mass is 10.1. The van der Waals surface area contributed by atoms with Crippen molar-refractivity contribution in [1.82, 2.24) is 9.21 Å². The molecule has 0 amide bonds. The summed E-state index contributed by atoms with van der Waals surface area (Å²) in [5.74, 6) is 0. The molecule has 20 heavy (non-hydrogen) atoms. The van der Waals surface area contributed by atoms with Crippen molar-refractivity contribution in [2.45, 2.75) is 11.8 Å². The van der Waals surface area contributed by atoms with Crippen molar-refractivity contribution in [2.75, 3.05) is 33.2 Å². The van der Waals surface area contributed by atoms with E-state index in [1.807, 2.05) is 14.0 Å². The molecule has 0 aromatic heterocycles. The lowest BCUT2D eigenvalue weighted by Gasteiger charge is -2.31. The average Bonchev–Trinajstić information content (AvgIpc) is 2.38. The van der Waals surface area contributed by atoms with Crippen molar-refractivity contribution in [3.8, 4) is 0 Å². The molecule has 0 aliphatic carbocycles. The van der Waals surface area contributed by atoms with Gasteiger partial charge in [-0.15, -0.1) is 0 Å². The number of likely N-dealkylation sites (N-methyl/N-ethyl adjacent to an activating group) is 1. The van der Waals surface area contributed by atoms with E-state index in [2.05, 4.69) is 4.90 Å². The zero-order chi connectivity index (χ0) is 14.9. The van der Waals surface area contributed by atoms with Crippen LogP contribution in [0.5, 0.6) is 0 Å². The molecule has 110 valence electrons. The molecule has 0 radical (unpaired) electrons. The third kappa shape index (κ3) is 3.01. The molecule has 1 heterocycles. The molecule has 1 fully saturated rings. The molecule has 2 rings (SSSR count). The number of rotatable bonds is 3. The standard InChI is InChI=1S/C13H19N3O2S2/c1-10-9-11(3-4-12(10)13(14)19)20(17,18)16-7-5-15(2)6-8-16/h3-4,9H,5-8H2,1-2H3,(H2,14,19). The number of nitrogens with zero attached hydrogens (tertiary/aromatic N) is 2. The van der Waals surface area contributed by atoms with Crippen LogP contribution in [0.4, 0.5) is 0 Å². The minimum Gasteiger partial charge on any atom is -0.389 e. The third-order valence-electron chi connectivity index (χ3n) is 3.56. The van der Waals surface area contributed by atoms with Crippen molar-refractivity contribution in [3.63, 3.8) is 0 Å². The van der Waals surface area contributed by atoms with Crippen LogP contribution in [-0.2, 0) is 10.0 Å². The van der Waals surface area contributed by atoms with Gasteiger partial charge in [0.2, 0.25) is 10.0 Å². The van der Waals surface area contributed by atoms with Crippen molar-refractivity contribution < 1.29 is 8.42 Å². The Kier molecular flexibility index (Phi) is 4.43. The van der Waals surface area contributed by atoms with Gasteiger partial charge in [-0.05, 0) is 31.7 Å². The van der Waals surface area contributed by atoms with E-state index < -0.39 is 10.0 Å². The fraction of sp³-hybridized carbons (Fsp3) is 0.462. The number of benzene rings is 1. The number of thiocarbonyl (C=S) groups is 1. The highest BCUT2D eigenvalue weighted by atomic mass is 32.2. The van der Waals surface area contributed by atoms with E-state index in [-0.39, 0.29) is 4.99 Å². The number of sulfonamides is 1. The Morgan fingerprint density at radius 3 is 2.35 bits per heavy atom. The van der Waals surface area contributed by atoms with Crippen LogP contribution in [0.1, 0.15) is 11.1 Å². The highest BCUT2D eigenvalue weighted by molar-refractivity contribution is 7.89. The van der Waals surface area contributed by atoms with Crippen LogP contribution in [0.3, 0.4) is 0 Å². The monoisotopic (exact) mass is 313 g/mol. The van der Waals surface area contributed by atoms with Gasteiger partial charge in [-0.1, -0.05) is 18.3 Å². The lowest BCUT2D eigenvalue weighted by molar-refractivity contribution is 0.222. The van der Waals surface area contributed by atoms with Gasteiger partial charge in [-0.2, -0.15) is 4.31 Å². The molecular formula is C13H19N3O2S2. The van der Waals surface area contributed by atoms with E-state index in [0.717, 1.165) is 24.2 Å². The van der Waals surface area contributed by atoms with Gasteiger partial charge in [-0.3, -0.25) is 0 Å².